The quantitative estimate of drug-likeness (QED) is 0.0362. The molecule has 0 fully saturated rings. The Morgan fingerprint density at radius 1 is 0.309 bits per heavy atom. The van der Waals surface area contributed by atoms with Crippen LogP contribution in [0.25, 0.3) is 73.2 Å². The molecule has 6 unspecified atom stereocenters. The minimum atomic E-state index is -0.357. The van der Waals surface area contributed by atoms with Crippen LogP contribution in [0, 0.1) is 35.5 Å². The van der Waals surface area contributed by atoms with Crippen LogP contribution in [0.15, 0.2) is 106 Å². The van der Waals surface area contributed by atoms with E-state index in [-0.39, 0.29) is 47.3 Å². The monoisotopic (exact) mass is 1600 g/mol. The number of unbranched alkanes of at least 4 members (excludes halogenated alkanes) is 6. The number of hydrogen-bond donors (Lipinski definition) is 0. The molecule has 12 rings (SSSR count). The molecule has 4 aliphatic heterocycles. The van der Waals surface area contributed by atoms with Crippen molar-refractivity contribution in [2.24, 2.45) is 35.5 Å². The molecule has 4 aliphatic rings. The van der Waals surface area contributed by atoms with E-state index in [2.05, 4.69) is 132 Å². The van der Waals surface area contributed by atoms with Crippen LogP contribution in [0.1, 0.15) is 257 Å². The third-order valence-electron chi connectivity index (χ3n) is 22.8. The van der Waals surface area contributed by atoms with Crippen molar-refractivity contribution < 1.29 is 48.0 Å². The first-order chi connectivity index (χ1) is 53.7. The maximum Gasteiger partial charge on any atom is 0.285 e. The lowest BCUT2D eigenvalue weighted by molar-refractivity contribution is -0.167. The van der Waals surface area contributed by atoms with Crippen LogP contribution in [-0.4, -0.2) is 83.5 Å². The number of amides is 4. The Morgan fingerprint density at radius 3 is 0.845 bits per heavy atom. The summed E-state index contributed by atoms with van der Waals surface area (Å²) in [6, 6.07) is 25.4. The summed E-state index contributed by atoms with van der Waals surface area (Å²) >= 11 is 9.52. The van der Waals surface area contributed by atoms with E-state index < -0.39 is 0 Å². The number of thiophene rings is 6. The maximum absolute atomic E-state index is 15.4. The minimum Gasteiger partial charge on any atom is -0.491 e. The largest absolute Gasteiger partial charge is 0.491 e. The van der Waals surface area contributed by atoms with Gasteiger partial charge in [0.25, 0.3) is 23.6 Å². The highest BCUT2D eigenvalue weighted by Gasteiger charge is 2.53. The zero-order chi connectivity index (χ0) is 77.5. The molecule has 4 amide bonds. The summed E-state index contributed by atoms with van der Waals surface area (Å²) in [7, 11) is 0. The van der Waals surface area contributed by atoms with E-state index in [9.17, 15) is 0 Å². The lowest BCUT2D eigenvalue weighted by Crippen LogP contribution is -2.32. The topological polar surface area (TPSA) is 137 Å². The second-order valence-corrected chi connectivity index (χ2v) is 36.6. The molecule has 0 bridgehead atoms. The van der Waals surface area contributed by atoms with Gasteiger partial charge in [0.1, 0.15) is 34.3 Å². The zero-order valence-corrected chi connectivity index (χ0v) is 72.0. The van der Waals surface area contributed by atoms with Crippen molar-refractivity contribution in [1.82, 2.24) is 20.3 Å². The Morgan fingerprint density at radius 2 is 0.582 bits per heavy atom. The van der Waals surface area contributed by atoms with Crippen molar-refractivity contribution in [2.75, 3.05) is 39.6 Å². The van der Waals surface area contributed by atoms with Gasteiger partial charge < -0.3 is 9.47 Å². The fourth-order valence-electron chi connectivity index (χ4n) is 15.4. The van der Waals surface area contributed by atoms with Gasteiger partial charge in [-0.15, -0.1) is 68.0 Å². The Labute approximate surface area is 677 Å². The van der Waals surface area contributed by atoms with Crippen LogP contribution in [0.3, 0.4) is 0 Å². The van der Waals surface area contributed by atoms with Crippen molar-refractivity contribution in [3.63, 3.8) is 0 Å². The Kier molecular flexibility index (Phi) is 30.0. The summed E-state index contributed by atoms with van der Waals surface area (Å²) in [5, 5.41) is 13.7. The molecule has 14 nitrogen and oxygen atoms in total. The number of rotatable bonds is 48. The Hall–Kier alpha value is -6.30. The first-order valence-electron chi connectivity index (χ1n) is 41.6. The normalized spacial score (nSPS) is 16.5. The number of ether oxygens (including phenoxy) is 2. The zero-order valence-electron chi connectivity index (χ0n) is 67.1. The van der Waals surface area contributed by atoms with E-state index >= 15 is 19.2 Å². The van der Waals surface area contributed by atoms with Crippen molar-refractivity contribution in [3.05, 3.63) is 125 Å². The molecular weight excluding hydrogens is 1490 g/mol. The molecule has 2 aromatic carbocycles. The minimum absolute atomic E-state index is 0.228. The number of carbonyl (C=O) groups is 4. The van der Waals surface area contributed by atoms with Crippen molar-refractivity contribution >= 4 is 145 Å². The molecule has 0 saturated carbocycles. The molecule has 0 saturated heterocycles. The standard InChI is InChI=1S/C90H116N4O10S6/c1-13-25-33-57(19-7)51-99-83-65-47-64-50-74(68-42-44-72(108-68)82-78-76(88(96)94(82)104-56-62(24-12)38-30-18-6)80(70-40-32-46-106-70)92(90(78)98)102-54-60(22-10)36-28-16-4)110-86(64)84(100-52-58(20-8)34-26-14-2)66(65)48-63-49-73(109-85(63)83)67-41-43-71(107-67)81-77-75(87(95)93(81)103-55-61(23-11)37-29-17-5)79(69-39-31-45-105-69)91(89(77)97)101-53-59(21-9)35-27-15-3/h31-32,39-50,57-62H,13-30,33-38,51-56H2,1-12H3. The first-order valence-corrected chi connectivity index (χ1v) is 46.6. The van der Waals surface area contributed by atoms with E-state index in [0.29, 0.717) is 96.6 Å². The predicted octanol–water partition coefficient (Wildman–Crippen LogP) is 26.2. The van der Waals surface area contributed by atoms with E-state index in [4.69, 9.17) is 28.8 Å². The Bertz CT molecular complexity index is 4300. The summed E-state index contributed by atoms with van der Waals surface area (Å²) in [4.78, 5) is 95.5. The molecule has 0 radical (unpaired) electrons. The van der Waals surface area contributed by atoms with Gasteiger partial charge in [-0.2, -0.15) is 20.3 Å². The molecule has 10 heterocycles. The van der Waals surface area contributed by atoms with Gasteiger partial charge >= 0.3 is 0 Å². The Balaban J connectivity index is 0.980. The average molecular weight is 1610 g/mol. The second-order valence-electron chi connectivity index (χ2n) is 30.4. The summed E-state index contributed by atoms with van der Waals surface area (Å²) < 4.78 is 16.9. The van der Waals surface area contributed by atoms with Crippen molar-refractivity contribution in [3.8, 4) is 31.0 Å². The average Bonchev–Trinajstić information content (AvgIpc) is 1.40. The predicted molar refractivity (Wildman–Crippen MR) is 460 cm³/mol. The summed E-state index contributed by atoms with van der Waals surface area (Å²) in [6.07, 6.45) is 24.7. The first kappa shape index (κ1) is 83.1. The van der Waals surface area contributed by atoms with E-state index in [1.165, 1.54) is 42.9 Å². The van der Waals surface area contributed by atoms with Gasteiger partial charge in [-0.3, -0.25) is 38.5 Å². The highest BCUT2D eigenvalue weighted by atomic mass is 32.1. The number of hydrogen-bond acceptors (Lipinski definition) is 16. The van der Waals surface area contributed by atoms with E-state index in [1.54, 1.807) is 45.3 Å². The number of fused-ring (bicyclic) bond motifs is 5. The van der Waals surface area contributed by atoms with Gasteiger partial charge in [-0.1, -0.05) is 211 Å². The van der Waals surface area contributed by atoms with Gasteiger partial charge in [-0.05, 0) is 156 Å². The number of carbonyl (C=O) groups excluding carboxylic acids is 4. The fraction of sp³-hybridized carbons (Fsp3) is 0.533. The molecule has 20 heteroatoms. The number of nitrogens with zero attached hydrogens (tertiary/aromatic N) is 4. The molecule has 6 atom stereocenters. The smallest absolute Gasteiger partial charge is 0.285 e. The lowest BCUT2D eigenvalue weighted by atomic mass is 10.00. The SMILES string of the molecule is CCCCC(CC)COc1c2cc3cc(-c4ccc(C5=C6C(=O)N(OCC(CC)CCCC)C(c7cccs7)=C6C(=O)N5OCC(CC)CCCC)s4)sc3c(OCC(CC)CCCC)c2cc2cc(-c3ccc(C4=C5C(=O)N(OCC(CC)CCCC)C(c6cccs6)=C5C(=O)N4OCC(CC)CCCC)s3)sc12. The van der Waals surface area contributed by atoms with Crippen LogP contribution in [0.4, 0.5) is 0 Å². The van der Waals surface area contributed by atoms with Crippen LogP contribution in [-0.2, 0) is 38.5 Å². The van der Waals surface area contributed by atoms with Crippen LogP contribution in [0.5, 0.6) is 11.5 Å². The molecule has 592 valence electrons. The molecule has 110 heavy (non-hydrogen) atoms. The summed E-state index contributed by atoms with van der Waals surface area (Å²) in [6.45, 7) is 29.1. The van der Waals surface area contributed by atoms with E-state index in [0.717, 1.165) is 236 Å². The third-order valence-corrected chi connectivity index (χ3v) is 29.4. The van der Waals surface area contributed by atoms with Gasteiger partial charge in [0.05, 0.1) is 90.8 Å². The van der Waals surface area contributed by atoms with Gasteiger partial charge in [0, 0.05) is 30.3 Å². The van der Waals surface area contributed by atoms with Gasteiger partial charge in [0.2, 0.25) is 0 Å². The van der Waals surface area contributed by atoms with Crippen molar-refractivity contribution in [1.29, 1.82) is 0 Å². The number of hydroxylamine groups is 8. The molecule has 6 aromatic heterocycles. The second kappa shape index (κ2) is 39.6. The van der Waals surface area contributed by atoms with Gasteiger partial charge in [-0.25, -0.2) is 0 Å². The summed E-state index contributed by atoms with van der Waals surface area (Å²) in [5.74, 6) is 1.89. The lowest BCUT2D eigenvalue weighted by Gasteiger charge is -2.25. The highest BCUT2D eigenvalue weighted by molar-refractivity contribution is 7.27. The fourth-order valence-corrected chi connectivity index (χ4v) is 21.5. The molecule has 0 aliphatic carbocycles. The third kappa shape index (κ3) is 17.9. The maximum atomic E-state index is 15.4. The molecule has 0 spiro atoms. The van der Waals surface area contributed by atoms with Crippen LogP contribution in [0.2, 0.25) is 0 Å². The number of benzene rings is 2. The summed E-state index contributed by atoms with van der Waals surface area (Å²) in [5.41, 5.74) is 3.14. The highest BCUT2D eigenvalue weighted by Crippen LogP contribution is 2.56. The van der Waals surface area contributed by atoms with E-state index in [1.807, 2.05) is 35.0 Å². The van der Waals surface area contributed by atoms with Crippen LogP contribution < -0.4 is 9.47 Å². The molecule has 8 aromatic rings. The van der Waals surface area contributed by atoms with Gasteiger partial charge in [0.15, 0.2) is 0 Å². The molecule has 0 N–H and O–H groups in total. The van der Waals surface area contributed by atoms with Crippen molar-refractivity contribution in [2.45, 2.75) is 237 Å². The molecular formula is C90H116N4O10S6. The van der Waals surface area contributed by atoms with Crippen LogP contribution >= 0.6 is 68.0 Å².